The van der Waals surface area contributed by atoms with Gasteiger partial charge in [0.05, 0.1) is 12.8 Å². The highest BCUT2D eigenvalue weighted by Gasteiger charge is 2.18. The van der Waals surface area contributed by atoms with E-state index in [2.05, 4.69) is 80.8 Å². The van der Waals surface area contributed by atoms with E-state index in [1.165, 1.54) is 3.57 Å². The summed E-state index contributed by atoms with van der Waals surface area (Å²) in [6.07, 6.45) is 7.78. The van der Waals surface area contributed by atoms with Crippen LogP contribution in [0.4, 0.5) is 5.69 Å². The van der Waals surface area contributed by atoms with Crippen molar-refractivity contribution in [3.05, 3.63) is 75.6 Å². The summed E-state index contributed by atoms with van der Waals surface area (Å²) >= 11 is 2.35. The van der Waals surface area contributed by atoms with Gasteiger partial charge in [-0.25, -0.2) is 4.98 Å². The Morgan fingerprint density at radius 2 is 1.90 bits per heavy atom. The molecule has 3 aromatic rings. The Hall–Kier alpha value is -2.45. The second kappa shape index (κ2) is 10.5. The number of hydrogen-bond donors (Lipinski definition) is 0. The standard InChI is InChI=1S/C24H26IN3O2/c1-5-6-19-8-10-21(25)13-23(19)28(17(2)29-3)16-18-7-11-22(26-14-18)20-9-12-24(30-4)27-15-20/h5-15,17H,16H2,1-4H3/b6-5-. The van der Waals surface area contributed by atoms with Crippen molar-refractivity contribution in [3.63, 3.8) is 0 Å². The molecule has 0 aliphatic carbocycles. The number of ether oxygens (including phenoxy) is 2. The van der Waals surface area contributed by atoms with Gasteiger partial charge in [-0.15, -0.1) is 0 Å². The maximum atomic E-state index is 5.69. The molecule has 0 aliphatic rings. The summed E-state index contributed by atoms with van der Waals surface area (Å²) in [4.78, 5) is 11.2. The molecule has 156 valence electrons. The van der Waals surface area contributed by atoms with E-state index >= 15 is 0 Å². The molecule has 0 saturated carbocycles. The highest BCUT2D eigenvalue weighted by molar-refractivity contribution is 14.1. The molecule has 5 nitrogen and oxygen atoms in total. The van der Waals surface area contributed by atoms with E-state index in [1.807, 2.05) is 31.3 Å². The Kier molecular flexibility index (Phi) is 7.81. The summed E-state index contributed by atoms with van der Waals surface area (Å²) < 4.78 is 12.0. The molecule has 0 amide bonds. The monoisotopic (exact) mass is 515 g/mol. The van der Waals surface area contributed by atoms with Crippen LogP contribution < -0.4 is 9.64 Å². The molecule has 0 aliphatic heterocycles. The van der Waals surface area contributed by atoms with Gasteiger partial charge in [0.1, 0.15) is 6.23 Å². The van der Waals surface area contributed by atoms with Crippen LogP contribution in [0.3, 0.4) is 0 Å². The summed E-state index contributed by atoms with van der Waals surface area (Å²) in [5.74, 6) is 0.592. The molecule has 1 unspecified atom stereocenters. The maximum absolute atomic E-state index is 5.69. The van der Waals surface area contributed by atoms with Gasteiger partial charge in [-0.05, 0) is 71.8 Å². The van der Waals surface area contributed by atoms with Crippen molar-refractivity contribution in [1.29, 1.82) is 0 Å². The van der Waals surface area contributed by atoms with Crippen LogP contribution in [0.25, 0.3) is 17.3 Å². The van der Waals surface area contributed by atoms with Crippen molar-refractivity contribution < 1.29 is 9.47 Å². The van der Waals surface area contributed by atoms with Gasteiger partial charge < -0.3 is 14.4 Å². The van der Waals surface area contributed by atoms with Gasteiger partial charge in [-0.3, -0.25) is 4.98 Å². The number of anilines is 1. The predicted molar refractivity (Wildman–Crippen MR) is 131 cm³/mol. The molecular weight excluding hydrogens is 489 g/mol. The fraction of sp³-hybridized carbons (Fsp3) is 0.250. The van der Waals surface area contributed by atoms with Gasteiger partial charge in [0.2, 0.25) is 5.88 Å². The van der Waals surface area contributed by atoms with Crippen LogP contribution in [-0.4, -0.2) is 30.4 Å². The molecule has 1 aromatic carbocycles. The van der Waals surface area contributed by atoms with Crippen molar-refractivity contribution in [1.82, 2.24) is 9.97 Å². The number of pyridine rings is 2. The lowest BCUT2D eigenvalue weighted by Crippen LogP contribution is -2.34. The van der Waals surface area contributed by atoms with Crippen molar-refractivity contribution >= 4 is 34.4 Å². The molecule has 0 spiro atoms. The van der Waals surface area contributed by atoms with Crippen LogP contribution >= 0.6 is 22.6 Å². The summed E-state index contributed by atoms with van der Waals surface area (Å²) in [5.41, 5.74) is 5.24. The van der Waals surface area contributed by atoms with Gasteiger partial charge in [0.15, 0.2) is 0 Å². The Bertz CT molecular complexity index is 988. The van der Waals surface area contributed by atoms with Crippen molar-refractivity contribution in [2.24, 2.45) is 0 Å². The smallest absolute Gasteiger partial charge is 0.212 e. The second-order valence-corrected chi connectivity index (χ2v) is 8.05. The zero-order valence-corrected chi connectivity index (χ0v) is 19.8. The van der Waals surface area contributed by atoms with Crippen molar-refractivity contribution in [2.45, 2.75) is 26.6 Å². The van der Waals surface area contributed by atoms with Gasteiger partial charge in [0, 0.05) is 46.9 Å². The number of allylic oxidation sites excluding steroid dienone is 1. The fourth-order valence-corrected chi connectivity index (χ4v) is 3.64. The zero-order valence-electron chi connectivity index (χ0n) is 17.7. The van der Waals surface area contributed by atoms with E-state index in [-0.39, 0.29) is 6.23 Å². The van der Waals surface area contributed by atoms with Crippen molar-refractivity contribution in [2.75, 3.05) is 19.1 Å². The average molecular weight is 515 g/mol. The first-order chi connectivity index (χ1) is 14.5. The maximum Gasteiger partial charge on any atom is 0.212 e. The Morgan fingerprint density at radius 3 is 2.50 bits per heavy atom. The van der Waals surface area contributed by atoms with Crippen LogP contribution in [0.1, 0.15) is 25.0 Å². The first-order valence-corrected chi connectivity index (χ1v) is 10.8. The highest BCUT2D eigenvalue weighted by atomic mass is 127. The first-order valence-electron chi connectivity index (χ1n) is 9.72. The zero-order chi connectivity index (χ0) is 21.5. The molecule has 2 aromatic heterocycles. The van der Waals surface area contributed by atoms with Crippen molar-refractivity contribution in [3.8, 4) is 17.1 Å². The van der Waals surface area contributed by atoms with Crippen LogP contribution in [0.2, 0.25) is 0 Å². The average Bonchev–Trinajstić information content (AvgIpc) is 2.79. The molecular formula is C24H26IN3O2. The Labute approximate surface area is 191 Å². The molecule has 0 bridgehead atoms. The predicted octanol–water partition coefficient (Wildman–Crippen LogP) is 5.79. The fourth-order valence-electron chi connectivity index (χ4n) is 3.16. The molecule has 1 atom stereocenters. The molecule has 0 saturated heterocycles. The number of nitrogens with zero attached hydrogens (tertiary/aromatic N) is 3. The minimum absolute atomic E-state index is 0.0855. The van der Waals surface area contributed by atoms with E-state index in [0.29, 0.717) is 12.4 Å². The summed E-state index contributed by atoms with van der Waals surface area (Å²) in [6, 6.07) is 14.4. The molecule has 0 N–H and O–H groups in total. The number of halogens is 1. The van der Waals surface area contributed by atoms with Crippen LogP contribution in [0.15, 0.2) is 60.9 Å². The Morgan fingerprint density at radius 1 is 1.07 bits per heavy atom. The molecule has 6 heteroatoms. The third-order valence-corrected chi connectivity index (χ3v) is 5.52. The van der Waals surface area contributed by atoms with Crippen LogP contribution in [0, 0.1) is 3.57 Å². The van der Waals surface area contributed by atoms with Gasteiger partial charge in [-0.1, -0.05) is 24.3 Å². The third-order valence-electron chi connectivity index (χ3n) is 4.85. The lowest BCUT2D eigenvalue weighted by atomic mass is 10.1. The topological polar surface area (TPSA) is 47.5 Å². The number of hydrogen-bond acceptors (Lipinski definition) is 5. The number of benzene rings is 1. The van der Waals surface area contributed by atoms with Crippen LogP contribution in [0.5, 0.6) is 5.88 Å². The molecule has 30 heavy (non-hydrogen) atoms. The minimum atomic E-state index is -0.0855. The van der Waals surface area contributed by atoms with Crippen LogP contribution in [-0.2, 0) is 11.3 Å². The van der Waals surface area contributed by atoms with E-state index in [9.17, 15) is 0 Å². The SMILES string of the molecule is C/C=C\c1ccc(I)cc1N(Cc1ccc(-c2ccc(OC)nc2)nc1)C(C)OC. The van der Waals surface area contributed by atoms with Gasteiger partial charge >= 0.3 is 0 Å². The lowest BCUT2D eigenvalue weighted by molar-refractivity contribution is 0.113. The van der Waals surface area contributed by atoms with E-state index in [1.54, 1.807) is 20.4 Å². The summed E-state index contributed by atoms with van der Waals surface area (Å²) in [5, 5.41) is 0. The number of rotatable bonds is 8. The molecule has 2 heterocycles. The first kappa shape index (κ1) is 22.2. The normalized spacial score (nSPS) is 12.2. The van der Waals surface area contributed by atoms with Gasteiger partial charge in [-0.2, -0.15) is 0 Å². The third kappa shape index (κ3) is 5.37. The van der Waals surface area contributed by atoms with E-state index in [4.69, 9.17) is 9.47 Å². The number of methoxy groups -OCH3 is 2. The summed E-state index contributed by atoms with van der Waals surface area (Å²) in [6.45, 7) is 4.78. The van der Waals surface area contributed by atoms with E-state index < -0.39 is 0 Å². The summed E-state index contributed by atoms with van der Waals surface area (Å²) in [7, 11) is 3.34. The highest BCUT2D eigenvalue weighted by Crippen LogP contribution is 2.29. The lowest BCUT2D eigenvalue weighted by Gasteiger charge is -2.32. The largest absolute Gasteiger partial charge is 0.481 e. The van der Waals surface area contributed by atoms with E-state index in [0.717, 1.165) is 28.1 Å². The minimum Gasteiger partial charge on any atom is -0.481 e. The molecule has 0 radical (unpaired) electrons. The second-order valence-electron chi connectivity index (χ2n) is 6.81. The Balaban J connectivity index is 1.88. The van der Waals surface area contributed by atoms with Gasteiger partial charge in [0.25, 0.3) is 0 Å². The quantitative estimate of drug-likeness (QED) is 0.281. The molecule has 3 rings (SSSR count). The number of aromatic nitrogens is 2. The molecule has 0 fully saturated rings.